The maximum absolute atomic E-state index is 14.4. The number of hydrogen-bond donors (Lipinski definition) is 0. The summed E-state index contributed by atoms with van der Waals surface area (Å²) in [5.41, 5.74) is 2.23. The lowest BCUT2D eigenvalue weighted by atomic mass is 9.96. The molecule has 1 fully saturated rings. The first-order valence-electron chi connectivity index (χ1n) is 7.60. The topological polar surface area (TPSA) is 39.9 Å². The van der Waals surface area contributed by atoms with E-state index in [9.17, 15) is 4.39 Å². The van der Waals surface area contributed by atoms with Gasteiger partial charge >= 0.3 is 0 Å². The van der Waals surface area contributed by atoms with Crippen LogP contribution in [0.5, 0.6) is 0 Å². The zero-order chi connectivity index (χ0) is 15.8. The Morgan fingerprint density at radius 1 is 1.22 bits per heavy atom. The van der Waals surface area contributed by atoms with Crippen molar-refractivity contribution in [1.29, 1.82) is 0 Å². The van der Waals surface area contributed by atoms with Gasteiger partial charge in [-0.05, 0) is 37.1 Å². The number of rotatable bonds is 2. The summed E-state index contributed by atoms with van der Waals surface area (Å²) in [6.07, 6.45) is 4.80. The molecule has 1 unspecified atom stereocenters. The number of hydrogen-bond acceptors (Lipinski definition) is 3. The zero-order valence-electron chi connectivity index (χ0n) is 12.4. The Bertz CT molecular complexity index is 841. The van der Waals surface area contributed by atoms with E-state index in [0.717, 1.165) is 30.8 Å². The smallest absolute Gasteiger partial charge is 0.152 e. The fraction of sp³-hybridized carbons (Fsp3) is 0.294. The van der Waals surface area contributed by atoms with Crippen LogP contribution >= 0.6 is 11.6 Å². The summed E-state index contributed by atoms with van der Waals surface area (Å²) in [4.78, 5) is 3.98. The SMILES string of the molecule is Fc1cncc2c1c(C1CCCOC1)nn2-c1ccc(Cl)cc1. The zero-order valence-corrected chi connectivity index (χ0v) is 13.1. The summed E-state index contributed by atoms with van der Waals surface area (Å²) in [6, 6.07) is 7.31. The van der Waals surface area contributed by atoms with Gasteiger partial charge in [0.1, 0.15) is 0 Å². The van der Waals surface area contributed by atoms with Gasteiger partial charge in [0.05, 0.1) is 41.3 Å². The first kappa shape index (κ1) is 14.6. The molecule has 23 heavy (non-hydrogen) atoms. The molecule has 4 rings (SSSR count). The van der Waals surface area contributed by atoms with Gasteiger partial charge in [0, 0.05) is 17.5 Å². The molecule has 0 N–H and O–H groups in total. The molecule has 0 bridgehead atoms. The Morgan fingerprint density at radius 2 is 2.04 bits per heavy atom. The van der Waals surface area contributed by atoms with Crippen molar-refractivity contribution in [2.75, 3.05) is 13.2 Å². The predicted octanol–water partition coefficient (Wildman–Crippen LogP) is 4.11. The average molecular weight is 332 g/mol. The maximum atomic E-state index is 14.4. The summed E-state index contributed by atoms with van der Waals surface area (Å²) in [6.45, 7) is 1.34. The van der Waals surface area contributed by atoms with E-state index >= 15 is 0 Å². The molecule has 3 heterocycles. The van der Waals surface area contributed by atoms with E-state index in [-0.39, 0.29) is 11.7 Å². The molecule has 6 heteroatoms. The van der Waals surface area contributed by atoms with Gasteiger partial charge in [0.2, 0.25) is 0 Å². The number of aromatic nitrogens is 3. The van der Waals surface area contributed by atoms with Gasteiger partial charge < -0.3 is 4.74 Å². The summed E-state index contributed by atoms with van der Waals surface area (Å²) in [5.74, 6) is -0.236. The molecule has 0 amide bonds. The van der Waals surface area contributed by atoms with Crippen molar-refractivity contribution in [3.63, 3.8) is 0 Å². The molecule has 3 aromatic rings. The van der Waals surface area contributed by atoms with Gasteiger partial charge in [0.15, 0.2) is 5.82 Å². The first-order valence-corrected chi connectivity index (χ1v) is 7.97. The van der Waals surface area contributed by atoms with Crippen LogP contribution in [0.15, 0.2) is 36.7 Å². The second-order valence-electron chi connectivity index (χ2n) is 5.70. The summed E-state index contributed by atoms with van der Waals surface area (Å²) < 4.78 is 21.7. The molecule has 2 aromatic heterocycles. The minimum absolute atomic E-state index is 0.108. The number of halogens is 2. The van der Waals surface area contributed by atoms with Crippen LogP contribution in [0.4, 0.5) is 4.39 Å². The third-order valence-corrected chi connectivity index (χ3v) is 4.44. The minimum Gasteiger partial charge on any atom is -0.381 e. The summed E-state index contributed by atoms with van der Waals surface area (Å²) in [5, 5.41) is 5.87. The van der Waals surface area contributed by atoms with Crippen LogP contribution in [-0.2, 0) is 4.74 Å². The molecule has 1 saturated heterocycles. The van der Waals surface area contributed by atoms with E-state index in [2.05, 4.69) is 10.1 Å². The molecule has 0 spiro atoms. The largest absolute Gasteiger partial charge is 0.381 e. The molecule has 1 aromatic carbocycles. The first-order chi connectivity index (χ1) is 11.2. The predicted molar refractivity (Wildman–Crippen MR) is 86.6 cm³/mol. The van der Waals surface area contributed by atoms with Crippen LogP contribution in [-0.4, -0.2) is 28.0 Å². The standard InChI is InChI=1S/C17H15ClFN3O/c18-12-3-5-13(6-4-12)22-15-9-20-8-14(19)16(15)17(21-22)11-2-1-7-23-10-11/h3-6,8-9,11H,1-2,7,10H2. The number of ether oxygens (including phenoxy) is 1. The average Bonchev–Trinajstić information content (AvgIpc) is 2.97. The number of nitrogens with zero attached hydrogens (tertiary/aromatic N) is 3. The molecular weight excluding hydrogens is 317 g/mol. The fourth-order valence-corrected chi connectivity index (χ4v) is 3.20. The highest BCUT2D eigenvalue weighted by molar-refractivity contribution is 6.30. The van der Waals surface area contributed by atoms with Crippen LogP contribution < -0.4 is 0 Å². The highest BCUT2D eigenvalue weighted by atomic mass is 35.5. The lowest BCUT2D eigenvalue weighted by Crippen LogP contribution is -2.16. The number of fused-ring (bicyclic) bond motifs is 1. The number of pyridine rings is 1. The third-order valence-electron chi connectivity index (χ3n) is 4.19. The molecule has 0 saturated carbocycles. The van der Waals surface area contributed by atoms with Gasteiger partial charge in [-0.15, -0.1) is 0 Å². The Labute approximate surface area is 137 Å². The fourth-order valence-electron chi connectivity index (χ4n) is 3.07. The van der Waals surface area contributed by atoms with E-state index in [4.69, 9.17) is 16.3 Å². The van der Waals surface area contributed by atoms with E-state index in [1.54, 1.807) is 23.0 Å². The van der Waals surface area contributed by atoms with Crippen molar-refractivity contribution in [2.45, 2.75) is 18.8 Å². The lowest BCUT2D eigenvalue weighted by Gasteiger charge is -2.20. The van der Waals surface area contributed by atoms with E-state index < -0.39 is 0 Å². The Hall–Kier alpha value is -1.98. The number of benzene rings is 1. The van der Waals surface area contributed by atoms with Crippen molar-refractivity contribution in [1.82, 2.24) is 14.8 Å². The summed E-state index contributed by atoms with van der Waals surface area (Å²) >= 11 is 5.95. The maximum Gasteiger partial charge on any atom is 0.152 e. The lowest BCUT2D eigenvalue weighted by molar-refractivity contribution is 0.0795. The monoisotopic (exact) mass is 331 g/mol. The Balaban J connectivity index is 1.91. The summed E-state index contributed by atoms with van der Waals surface area (Å²) in [7, 11) is 0. The minimum atomic E-state index is -0.344. The molecule has 1 aliphatic rings. The Kier molecular flexibility index (Phi) is 3.75. The highest BCUT2D eigenvalue weighted by Crippen LogP contribution is 2.33. The van der Waals surface area contributed by atoms with Gasteiger partial charge in [0.25, 0.3) is 0 Å². The van der Waals surface area contributed by atoms with Crippen LogP contribution in [0, 0.1) is 5.82 Å². The van der Waals surface area contributed by atoms with Gasteiger partial charge in [-0.3, -0.25) is 4.98 Å². The van der Waals surface area contributed by atoms with Crippen molar-refractivity contribution >= 4 is 22.5 Å². The van der Waals surface area contributed by atoms with Crippen LogP contribution in [0.3, 0.4) is 0 Å². The molecule has 1 atom stereocenters. The van der Waals surface area contributed by atoms with Crippen molar-refractivity contribution in [3.8, 4) is 5.69 Å². The van der Waals surface area contributed by atoms with E-state index in [1.165, 1.54) is 6.20 Å². The van der Waals surface area contributed by atoms with E-state index in [1.807, 2.05) is 12.1 Å². The van der Waals surface area contributed by atoms with Crippen molar-refractivity contribution in [2.24, 2.45) is 0 Å². The molecule has 0 aliphatic carbocycles. The second kappa shape index (κ2) is 5.91. The Morgan fingerprint density at radius 3 is 2.78 bits per heavy atom. The second-order valence-corrected chi connectivity index (χ2v) is 6.14. The molecule has 118 valence electrons. The molecular formula is C17H15ClFN3O. The molecule has 1 aliphatic heterocycles. The van der Waals surface area contributed by atoms with E-state index in [0.29, 0.717) is 22.5 Å². The molecule has 0 radical (unpaired) electrons. The van der Waals surface area contributed by atoms with Crippen molar-refractivity contribution in [3.05, 3.63) is 53.2 Å². The highest BCUT2D eigenvalue weighted by Gasteiger charge is 2.25. The molecule has 4 nitrogen and oxygen atoms in total. The normalized spacial score (nSPS) is 18.4. The van der Waals surface area contributed by atoms with Gasteiger partial charge in [-0.1, -0.05) is 11.6 Å². The van der Waals surface area contributed by atoms with Crippen LogP contribution in [0.2, 0.25) is 5.02 Å². The van der Waals surface area contributed by atoms with Crippen LogP contribution in [0.1, 0.15) is 24.5 Å². The van der Waals surface area contributed by atoms with Crippen molar-refractivity contribution < 1.29 is 9.13 Å². The van der Waals surface area contributed by atoms with Crippen LogP contribution in [0.25, 0.3) is 16.6 Å². The van der Waals surface area contributed by atoms with Gasteiger partial charge in [-0.25, -0.2) is 9.07 Å². The third kappa shape index (κ3) is 2.60. The van der Waals surface area contributed by atoms with Gasteiger partial charge in [-0.2, -0.15) is 5.10 Å². The quantitative estimate of drug-likeness (QED) is 0.709.